The van der Waals surface area contributed by atoms with E-state index in [9.17, 15) is 9.59 Å². The quantitative estimate of drug-likeness (QED) is 0.898. The summed E-state index contributed by atoms with van der Waals surface area (Å²) in [6.45, 7) is 0. The minimum absolute atomic E-state index is 0.154. The number of carboxylic acid groups (broad SMARTS) is 1. The highest BCUT2D eigenvalue weighted by molar-refractivity contribution is 9.10. The molecule has 0 saturated heterocycles. The van der Waals surface area contributed by atoms with E-state index < -0.39 is 11.9 Å². The van der Waals surface area contributed by atoms with Crippen molar-refractivity contribution < 1.29 is 19.4 Å². The first-order chi connectivity index (χ1) is 9.47. The number of hydrogen-bond acceptors (Lipinski definition) is 3. The molecule has 2 aromatic carbocycles. The van der Waals surface area contributed by atoms with Crippen LogP contribution in [0.1, 0.15) is 20.7 Å². The van der Waals surface area contributed by atoms with E-state index in [2.05, 4.69) is 15.9 Å². The van der Waals surface area contributed by atoms with Crippen LogP contribution in [0.3, 0.4) is 0 Å². The first kappa shape index (κ1) is 14.1. The van der Waals surface area contributed by atoms with Gasteiger partial charge in [-0.15, -0.1) is 0 Å². The van der Waals surface area contributed by atoms with Gasteiger partial charge < -0.3 is 15.6 Å². The minimum Gasteiger partial charge on any atom is -0.478 e. The van der Waals surface area contributed by atoms with E-state index in [-0.39, 0.29) is 5.56 Å². The number of aromatic carboxylic acids is 1. The molecule has 5 nitrogen and oxygen atoms in total. The summed E-state index contributed by atoms with van der Waals surface area (Å²) >= 11 is 3.17. The zero-order valence-electron chi connectivity index (χ0n) is 10.2. The van der Waals surface area contributed by atoms with Crippen LogP contribution in [-0.2, 0) is 0 Å². The second kappa shape index (κ2) is 5.75. The number of halogens is 1. The van der Waals surface area contributed by atoms with Crippen LogP contribution in [0.25, 0.3) is 0 Å². The van der Waals surface area contributed by atoms with Gasteiger partial charge in [-0.3, -0.25) is 4.79 Å². The number of carbonyl (C=O) groups is 2. The van der Waals surface area contributed by atoms with Gasteiger partial charge in [0.05, 0.1) is 5.56 Å². The number of ether oxygens (including phenoxy) is 1. The molecule has 3 N–H and O–H groups in total. The van der Waals surface area contributed by atoms with Gasteiger partial charge in [-0.2, -0.15) is 0 Å². The van der Waals surface area contributed by atoms with E-state index in [1.165, 1.54) is 6.07 Å². The number of amides is 1. The Kier molecular flexibility index (Phi) is 4.05. The van der Waals surface area contributed by atoms with Crippen molar-refractivity contribution in [2.45, 2.75) is 0 Å². The first-order valence-corrected chi connectivity index (χ1v) is 6.37. The summed E-state index contributed by atoms with van der Waals surface area (Å²) in [7, 11) is 0. The average Bonchev–Trinajstić information content (AvgIpc) is 2.39. The SMILES string of the molecule is NC(=O)c1ccc(Oc2ccc(C(=O)O)c(Br)c2)cc1. The van der Waals surface area contributed by atoms with Crippen LogP contribution in [0.2, 0.25) is 0 Å². The molecule has 0 heterocycles. The highest BCUT2D eigenvalue weighted by Gasteiger charge is 2.09. The number of nitrogens with two attached hydrogens (primary N) is 1. The standard InChI is InChI=1S/C14H10BrNO4/c15-12-7-10(5-6-11(12)14(18)19)20-9-3-1-8(2-4-9)13(16)17/h1-7H,(H2,16,17)(H,18,19). The van der Waals surface area contributed by atoms with E-state index in [4.69, 9.17) is 15.6 Å². The maximum absolute atomic E-state index is 10.9. The predicted octanol–water partition coefficient (Wildman–Crippen LogP) is 3.04. The third-order valence-corrected chi connectivity index (χ3v) is 3.20. The van der Waals surface area contributed by atoms with Gasteiger partial charge in [-0.1, -0.05) is 0 Å². The topological polar surface area (TPSA) is 89.6 Å². The molecule has 2 rings (SSSR count). The molecule has 0 unspecified atom stereocenters. The Morgan fingerprint density at radius 2 is 1.65 bits per heavy atom. The van der Waals surface area contributed by atoms with Gasteiger partial charge in [0.2, 0.25) is 5.91 Å². The number of rotatable bonds is 4. The Balaban J connectivity index is 2.19. The van der Waals surface area contributed by atoms with Crippen LogP contribution >= 0.6 is 15.9 Å². The fourth-order valence-corrected chi connectivity index (χ4v) is 2.08. The van der Waals surface area contributed by atoms with Crippen LogP contribution in [0.5, 0.6) is 11.5 Å². The zero-order chi connectivity index (χ0) is 14.7. The second-order valence-electron chi connectivity index (χ2n) is 3.94. The van der Waals surface area contributed by atoms with E-state index >= 15 is 0 Å². The summed E-state index contributed by atoms with van der Waals surface area (Å²) in [5, 5.41) is 8.91. The van der Waals surface area contributed by atoms with E-state index in [1.807, 2.05) is 0 Å². The summed E-state index contributed by atoms with van der Waals surface area (Å²) in [5.41, 5.74) is 5.68. The minimum atomic E-state index is -1.02. The number of hydrogen-bond donors (Lipinski definition) is 2. The predicted molar refractivity (Wildman–Crippen MR) is 76.1 cm³/mol. The lowest BCUT2D eigenvalue weighted by Crippen LogP contribution is -2.10. The number of carbonyl (C=O) groups excluding carboxylic acids is 1. The van der Waals surface area contributed by atoms with Crippen molar-refractivity contribution in [2.24, 2.45) is 5.73 Å². The monoisotopic (exact) mass is 335 g/mol. The van der Waals surface area contributed by atoms with Crippen LogP contribution in [-0.4, -0.2) is 17.0 Å². The molecule has 0 bridgehead atoms. The van der Waals surface area contributed by atoms with Crippen molar-refractivity contribution >= 4 is 27.8 Å². The second-order valence-corrected chi connectivity index (χ2v) is 4.79. The Hall–Kier alpha value is -2.34. The smallest absolute Gasteiger partial charge is 0.336 e. The van der Waals surface area contributed by atoms with E-state index in [0.29, 0.717) is 21.5 Å². The van der Waals surface area contributed by atoms with Crippen molar-refractivity contribution in [3.8, 4) is 11.5 Å². The zero-order valence-corrected chi connectivity index (χ0v) is 11.8. The molecular formula is C14H10BrNO4. The van der Waals surface area contributed by atoms with Crippen molar-refractivity contribution in [1.29, 1.82) is 0 Å². The van der Waals surface area contributed by atoms with Crippen molar-refractivity contribution in [3.63, 3.8) is 0 Å². The van der Waals surface area contributed by atoms with E-state index in [0.717, 1.165) is 0 Å². The molecule has 20 heavy (non-hydrogen) atoms. The molecule has 0 atom stereocenters. The van der Waals surface area contributed by atoms with Crippen LogP contribution in [0.15, 0.2) is 46.9 Å². The molecule has 0 aliphatic rings. The summed E-state index contributed by atoms with van der Waals surface area (Å²) < 4.78 is 5.98. The molecule has 0 radical (unpaired) electrons. The molecule has 0 spiro atoms. The summed E-state index contributed by atoms with van der Waals surface area (Å²) in [5.74, 6) is -0.530. The van der Waals surface area contributed by atoms with E-state index in [1.54, 1.807) is 36.4 Å². The van der Waals surface area contributed by atoms with Crippen LogP contribution in [0.4, 0.5) is 0 Å². The number of primary amides is 1. The van der Waals surface area contributed by atoms with Gasteiger partial charge in [0.1, 0.15) is 11.5 Å². The fourth-order valence-electron chi connectivity index (χ4n) is 1.56. The summed E-state index contributed by atoms with van der Waals surface area (Å²) in [6.07, 6.45) is 0. The molecule has 6 heteroatoms. The molecule has 0 aromatic heterocycles. The molecule has 1 amide bonds. The molecule has 0 aliphatic carbocycles. The lowest BCUT2D eigenvalue weighted by Gasteiger charge is -2.07. The van der Waals surface area contributed by atoms with Crippen molar-refractivity contribution in [3.05, 3.63) is 58.1 Å². The van der Waals surface area contributed by atoms with Gasteiger partial charge in [0, 0.05) is 10.0 Å². The number of carboxylic acids is 1. The molecule has 0 fully saturated rings. The molecule has 2 aromatic rings. The Morgan fingerprint density at radius 3 is 2.15 bits per heavy atom. The number of benzene rings is 2. The third-order valence-electron chi connectivity index (χ3n) is 2.55. The lowest BCUT2D eigenvalue weighted by atomic mass is 10.2. The van der Waals surface area contributed by atoms with Gasteiger partial charge in [0.15, 0.2) is 0 Å². The molecular weight excluding hydrogens is 326 g/mol. The van der Waals surface area contributed by atoms with Crippen molar-refractivity contribution in [1.82, 2.24) is 0 Å². The fraction of sp³-hybridized carbons (Fsp3) is 0. The maximum Gasteiger partial charge on any atom is 0.336 e. The van der Waals surface area contributed by atoms with Gasteiger partial charge in [0.25, 0.3) is 0 Å². The third kappa shape index (κ3) is 3.16. The lowest BCUT2D eigenvalue weighted by molar-refractivity contribution is 0.0695. The molecule has 0 saturated carbocycles. The van der Waals surface area contributed by atoms with Gasteiger partial charge in [-0.25, -0.2) is 4.79 Å². The molecule has 0 aliphatic heterocycles. The van der Waals surface area contributed by atoms with Crippen molar-refractivity contribution in [2.75, 3.05) is 0 Å². The normalized spacial score (nSPS) is 10.1. The molecule has 102 valence electrons. The summed E-state index contributed by atoms with van der Waals surface area (Å²) in [4.78, 5) is 21.8. The first-order valence-electron chi connectivity index (χ1n) is 5.58. The van der Waals surface area contributed by atoms with Crippen LogP contribution in [0, 0.1) is 0 Å². The summed E-state index contributed by atoms with van der Waals surface area (Å²) in [6, 6.07) is 10.9. The Morgan fingerprint density at radius 1 is 1.05 bits per heavy atom. The van der Waals surface area contributed by atoms with Gasteiger partial charge >= 0.3 is 5.97 Å². The highest BCUT2D eigenvalue weighted by atomic mass is 79.9. The van der Waals surface area contributed by atoms with Gasteiger partial charge in [-0.05, 0) is 58.4 Å². The highest BCUT2D eigenvalue weighted by Crippen LogP contribution is 2.27. The Bertz CT molecular complexity index is 667. The average molecular weight is 336 g/mol. The maximum atomic E-state index is 10.9. The largest absolute Gasteiger partial charge is 0.478 e. The van der Waals surface area contributed by atoms with Crippen LogP contribution < -0.4 is 10.5 Å². The Labute approximate surface area is 123 Å².